The van der Waals surface area contributed by atoms with Crippen molar-refractivity contribution in [1.29, 1.82) is 0 Å². The fourth-order valence-electron chi connectivity index (χ4n) is 3.42. The van der Waals surface area contributed by atoms with Gasteiger partial charge in [-0.25, -0.2) is 9.97 Å². The summed E-state index contributed by atoms with van der Waals surface area (Å²) in [6.07, 6.45) is 5.53. The third-order valence-electron chi connectivity index (χ3n) is 4.93. The molecule has 2 aromatic heterocycles. The van der Waals surface area contributed by atoms with Gasteiger partial charge in [-0.05, 0) is 12.5 Å². The maximum absolute atomic E-state index is 12.0. The summed E-state index contributed by atoms with van der Waals surface area (Å²) in [6.45, 7) is 4.14. The lowest BCUT2D eigenvalue weighted by molar-refractivity contribution is -0.121. The Morgan fingerprint density at radius 1 is 1.28 bits per heavy atom. The topological polar surface area (TPSA) is 93.2 Å². The van der Waals surface area contributed by atoms with Gasteiger partial charge in [0.1, 0.15) is 0 Å². The van der Waals surface area contributed by atoms with E-state index in [1.165, 1.54) is 0 Å². The van der Waals surface area contributed by atoms with Crippen molar-refractivity contribution in [2.24, 2.45) is 18.7 Å². The average molecular weight is 343 g/mol. The molecule has 0 spiro atoms. The molecule has 8 nitrogen and oxygen atoms in total. The number of likely N-dealkylation sites (tertiary alicyclic amines) is 1. The van der Waals surface area contributed by atoms with E-state index in [2.05, 4.69) is 20.0 Å². The monoisotopic (exact) mass is 343 g/mol. The number of rotatable bonds is 5. The van der Waals surface area contributed by atoms with Gasteiger partial charge in [0.15, 0.2) is 0 Å². The van der Waals surface area contributed by atoms with Crippen molar-refractivity contribution in [3.8, 4) is 0 Å². The molecular weight excluding hydrogens is 318 g/mol. The first kappa shape index (κ1) is 17.3. The van der Waals surface area contributed by atoms with E-state index in [0.717, 1.165) is 23.4 Å². The molecule has 0 unspecified atom stereocenters. The van der Waals surface area contributed by atoms with Crippen molar-refractivity contribution >= 4 is 11.9 Å². The second-order valence-electron chi connectivity index (χ2n) is 6.90. The third-order valence-corrected chi connectivity index (χ3v) is 4.93. The molecule has 25 heavy (non-hydrogen) atoms. The van der Waals surface area contributed by atoms with Gasteiger partial charge < -0.3 is 10.6 Å². The molecule has 0 saturated carbocycles. The second-order valence-corrected chi connectivity index (χ2v) is 6.90. The zero-order chi connectivity index (χ0) is 18.1. The summed E-state index contributed by atoms with van der Waals surface area (Å²) in [5.41, 5.74) is 8.88. The lowest BCUT2D eigenvalue weighted by Gasteiger charge is -2.16. The number of aryl methyl sites for hydroxylation is 1. The number of nitrogens with zero attached hydrogens (tertiary/aromatic N) is 6. The Morgan fingerprint density at radius 2 is 1.96 bits per heavy atom. The number of hydrogen-bond acceptors (Lipinski definition) is 6. The molecule has 0 aromatic carbocycles. The largest absolute Gasteiger partial charge is 0.369 e. The zero-order valence-corrected chi connectivity index (χ0v) is 15.2. The Labute approximate surface area is 147 Å². The average Bonchev–Trinajstić information content (AvgIpc) is 3.12. The van der Waals surface area contributed by atoms with Gasteiger partial charge in [-0.3, -0.25) is 14.4 Å². The number of carbonyl (C=O) groups is 1. The van der Waals surface area contributed by atoms with Gasteiger partial charge in [0.2, 0.25) is 11.9 Å². The maximum atomic E-state index is 12.0. The Hall–Kier alpha value is -2.48. The molecule has 1 amide bonds. The Morgan fingerprint density at radius 3 is 2.48 bits per heavy atom. The molecule has 1 fully saturated rings. The van der Waals surface area contributed by atoms with Crippen molar-refractivity contribution in [2.75, 3.05) is 32.1 Å². The third kappa shape index (κ3) is 3.48. The predicted octanol–water partition coefficient (Wildman–Crippen LogP) is 0.285. The Balaban J connectivity index is 1.76. The molecule has 2 aromatic rings. The summed E-state index contributed by atoms with van der Waals surface area (Å²) < 4.78 is 1.84. The molecule has 0 bridgehead atoms. The minimum absolute atomic E-state index is 0.0770. The van der Waals surface area contributed by atoms with Crippen LogP contribution in [0.5, 0.6) is 0 Å². The number of nitrogens with two attached hydrogens (primary N) is 1. The van der Waals surface area contributed by atoms with E-state index in [0.29, 0.717) is 19.0 Å². The van der Waals surface area contributed by atoms with Crippen LogP contribution >= 0.6 is 0 Å². The molecule has 1 aliphatic rings. The van der Waals surface area contributed by atoms with Gasteiger partial charge in [0.05, 0.1) is 12.1 Å². The minimum Gasteiger partial charge on any atom is -0.369 e. The SMILES string of the molecule is Cc1c([C@H]2CN(Cc3cnc(N(C)C)nc3)C[C@@H]2C(N)=O)cnn1C. The highest BCUT2D eigenvalue weighted by Crippen LogP contribution is 2.34. The molecule has 3 rings (SSSR count). The summed E-state index contributed by atoms with van der Waals surface area (Å²) in [6, 6.07) is 0. The smallest absolute Gasteiger partial charge is 0.224 e. The Bertz CT molecular complexity index is 753. The lowest BCUT2D eigenvalue weighted by Crippen LogP contribution is -2.29. The van der Waals surface area contributed by atoms with E-state index >= 15 is 0 Å². The van der Waals surface area contributed by atoms with Gasteiger partial charge in [0.25, 0.3) is 0 Å². The zero-order valence-electron chi connectivity index (χ0n) is 15.2. The van der Waals surface area contributed by atoms with Gasteiger partial charge in [0, 0.05) is 70.3 Å². The van der Waals surface area contributed by atoms with Gasteiger partial charge in [-0.15, -0.1) is 0 Å². The Kier molecular flexibility index (Phi) is 4.71. The number of primary amides is 1. The van der Waals surface area contributed by atoms with Gasteiger partial charge in [-0.1, -0.05) is 0 Å². The normalized spacial score (nSPS) is 20.8. The number of amides is 1. The molecule has 1 saturated heterocycles. The molecule has 134 valence electrons. The van der Waals surface area contributed by atoms with Crippen molar-refractivity contribution in [2.45, 2.75) is 19.4 Å². The van der Waals surface area contributed by atoms with Gasteiger partial charge in [-0.2, -0.15) is 5.10 Å². The quantitative estimate of drug-likeness (QED) is 0.838. The van der Waals surface area contributed by atoms with E-state index in [-0.39, 0.29) is 17.7 Å². The molecular formula is C17H25N7O. The van der Waals surface area contributed by atoms with E-state index in [1.54, 1.807) is 0 Å². The highest BCUT2D eigenvalue weighted by molar-refractivity contribution is 5.78. The van der Waals surface area contributed by atoms with Crippen LogP contribution in [0.25, 0.3) is 0 Å². The summed E-state index contributed by atoms with van der Waals surface area (Å²) in [4.78, 5) is 24.8. The summed E-state index contributed by atoms with van der Waals surface area (Å²) in [5, 5.41) is 4.31. The second kappa shape index (κ2) is 6.79. The van der Waals surface area contributed by atoms with Crippen LogP contribution in [-0.4, -0.2) is 57.7 Å². The highest BCUT2D eigenvalue weighted by Gasteiger charge is 2.38. The first-order chi connectivity index (χ1) is 11.9. The van der Waals surface area contributed by atoms with Crippen LogP contribution in [0.1, 0.15) is 22.7 Å². The fraction of sp³-hybridized carbons (Fsp3) is 0.529. The van der Waals surface area contributed by atoms with Crippen LogP contribution in [-0.2, 0) is 18.4 Å². The van der Waals surface area contributed by atoms with Crippen LogP contribution in [0.3, 0.4) is 0 Å². The van der Waals surface area contributed by atoms with Crippen LogP contribution in [0.4, 0.5) is 5.95 Å². The van der Waals surface area contributed by atoms with Crippen LogP contribution in [0.15, 0.2) is 18.6 Å². The molecule has 0 aliphatic carbocycles. The van der Waals surface area contributed by atoms with Crippen LogP contribution in [0, 0.1) is 12.8 Å². The molecule has 8 heteroatoms. The van der Waals surface area contributed by atoms with Crippen molar-refractivity contribution in [3.63, 3.8) is 0 Å². The van der Waals surface area contributed by atoms with Crippen molar-refractivity contribution < 1.29 is 4.79 Å². The van der Waals surface area contributed by atoms with Crippen molar-refractivity contribution in [1.82, 2.24) is 24.6 Å². The summed E-state index contributed by atoms with van der Waals surface area (Å²) in [7, 11) is 5.73. The van der Waals surface area contributed by atoms with Crippen LogP contribution in [0.2, 0.25) is 0 Å². The summed E-state index contributed by atoms with van der Waals surface area (Å²) in [5.74, 6) is 0.303. The first-order valence-electron chi connectivity index (χ1n) is 8.35. The molecule has 2 atom stereocenters. The molecule has 3 heterocycles. The number of anilines is 1. The molecule has 0 radical (unpaired) electrons. The lowest BCUT2D eigenvalue weighted by atomic mass is 9.89. The predicted molar refractivity (Wildman–Crippen MR) is 95.0 cm³/mol. The van der Waals surface area contributed by atoms with Crippen LogP contribution < -0.4 is 10.6 Å². The number of hydrogen-bond donors (Lipinski definition) is 1. The van der Waals surface area contributed by atoms with E-state index in [9.17, 15) is 4.79 Å². The van der Waals surface area contributed by atoms with Gasteiger partial charge >= 0.3 is 0 Å². The van der Waals surface area contributed by atoms with E-state index in [4.69, 9.17) is 5.73 Å². The molecule has 2 N–H and O–H groups in total. The van der Waals surface area contributed by atoms with E-state index in [1.807, 2.05) is 56.2 Å². The number of carbonyl (C=O) groups excluding carboxylic acids is 1. The highest BCUT2D eigenvalue weighted by atomic mass is 16.1. The standard InChI is InChI=1S/C17H25N7O/c1-11-13(7-21-23(11)4)14-9-24(10-15(14)16(18)25)8-12-5-19-17(20-6-12)22(2)3/h5-7,14-15H,8-10H2,1-4H3,(H2,18,25)/t14-,15+/m1/s1. The number of aromatic nitrogens is 4. The van der Waals surface area contributed by atoms with E-state index < -0.39 is 0 Å². The molecule has 1 aliphatic heterocycles. The maximum Gasteiger partial charge on any atom is 0.224 e. The fourth-order valence-corrected chi connectivity index (χ4v) is 3.42. The minimum atomic E-state index is -0.255. The first-order valence-corrected chi connectivity index (χ1v) is 8.35. The van der Waals surface area contributed by atoms with Crippen molar-refractivity contribution in [3.05, 3.63) is 35.4 Å². The summed E-state index contributed by atoms with van der Waals surface area (Å²) >= 11 is 0.